The monoisotopic (exact) mass is 487 g/mol. The standard InChI is InChI=1S/C28H33N5O3/c1-31(20-25(34)29-22-11-13-23(14-12-22)32-16-18-36-19-17-32)28(35)26-24-10-6-3-7-15-33(24)27(30-26)21-8-4-2-5-9-21/h2,4-5,8-9,11-14H,3,6-7,10,15-20H2,1H3,(H,29,34). The molecule has 1 saturated heterocycles. The topological polar surface area (TPSA) is 79.7 Å². The summed E-state index contributed by atoms with van der Waals surface area (Å²) in [6.07, 6.45) is 4.05. The molecular weight excluding hydrogens is 454 g/mol. The van der Waals surface area contributed by atoms with Crippen molar-refractivity contribution >= 4 is 23.2 Å². The maximum absolute atomic E-state index is 13.4. The minimum absolute atomic E-state index is 0.0446. The SMILES string of the molecule is CN(CC(=O)Nc1ccc(N2CCOCC2)cc1)C(=O)c1nc(-c2ccccc2)n2c1CCCCC2. The normalized spacial score (nSPS) is 15.6. The molecule has 36 heavy (non-hydrogen) atoms. The molecule has 2 amide bonds. The number of hydrogen-bond acceptors (Lipinski definition) is 5. The Bertz CT molecular complexity index is 1200. The number of imidazole rings is 1. The highest BCUT2D eigenvalue weighted by Crippen LogP contribution is 2.28. The molecular formula is C28H33N5O3. The fourth-order valence-electron chi connectivity index (χ4n) is 4.94. The van der Waals surface area contributed by atoms with E-state index in [9.17, 15) is 9.59 Å². The van der Waals surface area contributed by atoms with Crippen LogP contribution in [0.25, 0.3) is 11.4 Å². The summed E-state index contributed by atoms with van der Waals surface area (Å²) >= 11 is 0. The van der Waals surface area contributed by atoms with Gasteiger partial charge in [-0.1, -0.05) is 36.8 Å². The van der Waals surface area contributed by atoms with Crippen LogP contribution in [0.1, 0.15) is 35.4 Å². The molecule has 1 N–H and O–H groups in total. The minimum Gasteiger partial charge on any atom is -0.378 e. The van der Waals surface area contributed by atoms with E-state index >= 15 is 0 Å². The van der Waals surface area contributed by atoms with Crippen LogP contribution in [0, 0.1) is 0 Å². The average molecular weight is 488 g/mol. The fraction of sp³-hybridized carbons (Fsp3) is 0.393. The number of nitrogens with one attached hydrogen (secondary N) is 1. The predicted molar refractivity (Wildman–Crippen MR) is 140 cm³/mol. The van der Waals surface area contributed by atoms with E-state index in [4.69, 9.17) is 9.72 Å². The highest BCUT2D eigenvalue weighted by atomic mass is 16.5. The van der Waals surface area contributed by atoms with Gasteiger partial charge in [-0.15, -0.1) is 0 Å². The van der Waals surface area contributed by atoms with Crippen LogP contribution in [0.15, 0.2) is 54.6 Å². The van der Waals surface area contributed by atoms with Gasteiger partial charge in [0.15, 0.2) is 0 Å². The second-order valence-electron chi connectivity index (χ2n) is 9.41. The summed E-state index contributed by atoms with van der Waals surface area (Å²) in [4.78, 5) is 34.7. The second-order valence-corrected chi connectivity index (χ2v) is 9.41. The number of rotatable bonds is 6. The Morgan fingerprint density at radius 2 is 1.72 bits per heavy atom. The molecule has 188 valence electrons. The first-order chi connectivity index (χ1) is 17.6. The molecule has 1 fully saturated rings. The van der Waals surface area contributed by atoms with Crippen molar-refractivity contribution in [3.05, 3.63) is 66.0 Å². The number of carbonyl (C=O) groups excluding carboxylic acids is 2. The smallest absolute Gasteiger partial charge is 0.274 e. The van der Waals surface area contributed by atoms with Crippen molar-refractivity contribution in [2.24, 2.45) is 0 Å². The Balaban J connectivity index is 1.27. The van der Waals surface area contributed by atoms with Crippen molar-refractivity contribution in [1.29, 1.82) is 0 Å². The lowest BCUT2D eigenvalue weighted by molar-refractivity contribution is -0.116. The Kier molecular flexibility index (Phi) is 7.32. The van der Waals surface area contributed by atoms with Gasteiger partial charge >= 0.3 is 0 Å². The van der Waals surface area contributed by atoms with Gasteiger partial charge in [0.1, 0.15) is 11.5 Å². The average Bonchev–Trinajstić information content (AvgIpc) is 3.09. The maximum atomic E-state index is 13.4. The molecule has 8 nitrogen and oxygen atoms in total. The van der Waals surface area contributed by atoms with Crippen molar-refractivity contribution in [1.82, 2.24) is 14.5 Å². The number of benzene rings is 2. The molecule has 0 saturated carbocycles. The van der Waals surface area contributed by atoms with Gasteiger partial charge in [0.05, 0.1) is 25.5 Å². The zero-order chi connectivity index (χ0) is 24.9. The van der Waals surface area contributed by atoms with E-state index in [0.717, 1.165) is 81.3 Å². The predicted octanol–water partition coefficient (Wildman–Crippen LogP) is 3.82. The van der Waals surface area contributed by atoms with E-state index < -0.39 is 0 Å². The van der Waals surface area contributed by atoms with Gasteiger partial charge in [-0.2, -0.15) is 0 Å². The van der Waals surface area contributed by atoms with Crippen molar-refractivity contribution < 1.29 is 14.3 Å². The minimum atomic E-state index is -0.237. The van der Waals surface area contributed by atoms with E-state index in [0.29, 0.717) is 11.4 Å². The van der Waals surface area contributed by atoms with E-state index in [1.165, 1.54) is 4.90 Å². The zero-order valence-corrected chi connectivity index (χ0v) is 20.8. The van der Waals surface area contributed by atoms with Crippen molar-refractivity contribution in [3.8, 4) is 11.4 Å². The largest absolute Gasteiger partial charge is 0.378 e. The van der Waals surface area contributed by atoms with Crippen LogP contribution < -0.4 is 10.2 Å². The lowest BCUT2D eigenvalue weighted by Crippen LogP contribution is -2.36. The number of fused-ring (bicyclic) bond motifs is 1. The van der Waals surface area contributed by atoms with Crippen LogP contribution in [-0.4, -0.2) is 66.2 Å². The van der Waals surface area contributed by atoms with Gasteiger partial charge in [0.2, 0.25) is 5.91 Å². The van der Waals surface area contributed by atoms with E-state index in [-0.39, 0.29) is 18.4 Å². The summed E-state index contributed by atoms with van der Waals surface area (Å²) < 4.78 is 7.60. The van der Waals surface area contributed by atoms with E-state index in [1.807, 2.05) is 54.6 Å². The fourth-order valence-corrected chi connectivity index (χ4v) is 4.94. The molecule has 5 rings (SSSR count). The third-order valence-electron chi connectivity index (χ3n) is 6.86. The van der Waals surface area contributed by atoms with Crippen LogP contribution in [0.3, 0.4) is 0 Å². The van der Waals surface area contributed by atoms with Crippen molar-refractivity contribution in [2.75, 3.05) is 50.1 Å². The summed E-state index contributed by atoms with van der Waals surface area (Å²) in [6.45, 7) is 3.99. The number of nitrogens with zero attached hydrogens (tertiary/aromatic N) is 4. The number of hydrogen-bond donors (Lipinski definition) is 1. The van der Waals surface area contributed by atoms with Crippen LogP contribution in [0.4, 0.5) is 11.4 Å². The molecule has 0 aliphatic carbocycles. The molecule has 2 aromatic carbocycles. The molecule has 2 aliphatic rings. The first kappa shape index (κ1) is 24.1. The van der Waals surface area contributed by atoms with Crippen molar-refractivity contribution in [2.45, 2.75) is 32.2 Å². The number of aromatic nitrogens is 2. The van der Waals surface area contributed by atoms with Gasteiger partial charge in [-0.3, -0.25) is 9.59 Å². The number of likely N-dealkylation sites (N-methyl/N-ethyl adjacent to an activating group) is 1. The number of anilines is 2. The van der Waals surface area contributed by atoms with Gasteiger partial charge in [0, 0.05) is 43.6 Å². The summed E-state index contributed by atoms with van der Waals surface area (Å²) in [5.74, 6) is 0.369. The van der Waals surface area contributed by atoms with Crippen LogP contribution in [0.5, 0.6) is 0 Å². The number of carbonyl (C=O) groups is 2. The summed E-state index contributed by atoms with van der Waals surface area (Å²) in [5.41, 5.74) is 4.25. The van der Waals surface area contributed by atoms with Crippen molar-refractivity contribution in [3.63, 3.8) is 0 Å². The first-order valence-corrected chi connectivity index (χ1v) is 12.7. The molecule has 0 radical (unpaired) electrons. The highest BCUT2D eigenvalue weighted by Gasteiger charge is 2.27. The molecule has 0 spiro atoms. The number of ether oxygens (including phenoxy) is 1. The zero-order valence-electron chi connectivity index (χ0n) is 20.8. The van der Waals surface area contributed by atoms with Gasteiger partial charge in [-0.25, -0.2) is 4.98 Å². The molecule has 0 bridgehead atoms. The Morgan fingerprint density at radius 1 is 0.972 bits per heavy atom. The van der Waals surface area contributed by atoms with Crippen LogP contribution in [-0.2, 0) is 22.5 Å². The molecule has 0 unspecified atom stereocenters. The highest BCUT2D eigenvalue weighted by molar-refractivity contribution is 5.99. The van der Waals surface area contributed by atoms with Gasteiger partial charge < -0.3 is 24.4 Å². The lowest BCUT2D eigenvalue weighted by Gasteiger charge is -2.28. The third kappa shape index (κ3) is 5.28. The van der Waals surface area contributed by atoms with E-state index in [2.05, 4.69) is 14.8 Å². The maximum Gasteiger partial charge on any atom is 0.274 e. The lowest BCUT2D eigenvalue weighted by atomic mass is 10.1. The quantitative estimate of drug-likeness (QED) is 0.572. The molecule has 2 aliphatic heterocycles. The Labute approximate surface area is 211 Å². The summed E-state index contributed by atoms with van der Waals surface area (Å²) in [5, 5.41) is 2.91. The van der Waals surface area contributed by atoms with Gasteiger partial charge in [-0.05, 0) is 43.5 Å². The molecule has 3 aromatic rings. The summed E-state index contributed by atoms with van der Waals surface area (Å²) in [7, 11) is 1.66. The van der Waals surface area contributed by atoms with Crippen LogP contribution in [0.2, 0.25) is 0 Å². The number of morpholine rings is 1. The van der Waals surface area contributed by atoms with Crippen LogP contribution >= 0.6 is 0 Å². The first-order valence-electron chi connectivity index (χ1n) is 12.7. The number of amides is 2. The summed E-state index contributed by atoms with van der Waals surface area (Å²) in [6, 6.07) is 17.8. The molecule has 0 atom stereocenters. The second kappa shape index (κ2) is 11.0. The van der Waals surface area contributed by atoms with E-state index in [1.54, 1.807) is 7.05 Å². The molecule has 3 heterocycles. The third-order valence-corrected chi connectivity index (χ3v) is 6.86. The Morgan fingerprint density at radius 3 is 2.47 bits per heavy atom. The Hall–Kier alpha value is -3.65. The molecule has 8 heteroatoms. The molecule has 1 aromatic heterocycles. The van der Waals surface area contributed by atoms with Gasteiger partial charge in [0.25, 0.3) is 5.91 Å².